The van der Waals surface area contributed by atoms with Crippen LogP contribution in [0.5, 0.6) is 5.75 Å². The molecular formula is C14H23NO3. The van der Waals surface area contributed by atoms with Crippen molar-refractivity contribution in [1.82, 2.24) is 5.32 Å². The van der Waals surface area contributed by atoms with Crippen LogP contribution in [0.15, 0.2) is 24.3 Å². The Morgan fingerprint density at radius 2 is 1.94 bits per heavy atom. The van der Waals surface area contributed by atoms with Crippen LogP contribution in [0.25, 0.3) is 0 Å². The molecule has 0 unspecified atom stereocenters. The van der Waals surface area contributed by atoms with E-state index in [2.05, 4.69) is 5.32 Å². The Hall–Kier alpha value is -1.10. The van der Waals surface area contributed by atoms with Crippen molar-refractivity contribution in [2.75, 3.05) is 33.0 Å². The maximum Gasteiger partial charge on any atom is 0.119 e. The van der Waals surface area contributed by atoms with Gasteiger partial charge in [0.2, 0.25) is 0 Å². The molecule has 102 valence electrons. The molecule has 18 heavy (non-hydrogen) atoms. The summed E-state index contributed by atoms with van der Waals surface area (Å²) in [5.41, 5.74) is 1.22. The largest absolute Gasteiger partial charge is 0.491 e. The predicted molar refractivity (Wildman–Crippen MR) is 71.8 cm³/mol. The lowest BCUT2D eigenvalue weighted by molar-refractivity contribution is 0.144. The van der Waals surface area contributed by atoms with E-state index in [0.29, 0.717) is 6.61 Å². The van der Waals surface area contributed by atoms with Gasteiger partial charge in [-0.1, -0.05) is 12.1 Å². The Kier molecular flexibility index (Phi) is 8.21. The summed E-state index contributed by atoms with van der Waals surface area (Å²) in [6.45, 7) is 5.81. The highest BCUT2D eigenvalue weighted by Crippen LogP contribution is 2.11. The molecule has 0 amide bonds. The van der Waals surface area contributed by atoms with Gasteiger partial charge in [-0.2, -0.15) is 0 Å². The molecule has 0 heterocycles. The van der Waals surface area contributed by atoms with E-state index < -0.39 is 0 Å². The molecule has 0 fully saturated rings. The maximum atomic E-state index is 8.64. The summed E-state index contributed by atoms with van der Waals surface area (Å²) >= 11 is 0. The number of aliphatic hydroxyl groups excluding tert-OH is 1. The van der Waals surface area contributed by atoms with Crippen molar-refractivity contribution in [3.05, 3.63) is 29.8 Å². The number of benzene rings is 1. The lowest BCUT2D eigenvalue weighted by Gasteiger charge is -2.07. The van der Waals surface area contributed by atoms with Crippen LogP contribution in [0.3, 0.4) is 0 Å². The molecule has 2 N–H and O–H groups in total. The molecule has 0 atom stereocenters. The van der Waals surface area contributed by atoms with E-state index in [1.165, 1.54) is 5.56 Å². The van der Waals surface area contributed by atoms with Crippen LogP contribution in [-0.4, -0.2) is 38.1 Å². The van der Waals surface area contributed by atoms with Crippen molar-refractivity contribution in [1.29, 1.82) is 0 Å². The zero-order valence-electron chi connectivity index (χ0n) is 11.0. The van der Waals surface area contributed by atoms with E-state index in [-0.39, 0.29) is 6.61 Å². The highest BCUT2D eigenvalue weighted by Gasteiger charge is 1.95. The molecule has 0 aliphatic carbocycles. The first-order valence-corrected chi connectivity index (χ1v) is 6.48. The second-order valence-electron chi connectivity index (χ2n) is 3.94. The molecule has 0 saturated carbocycles. The van der Waals surface area contributed by atoms with Gasteiger partial charge < -0.3 is 19.9 Å². The van der Waals surface area contributed by atoms with Gasteiger partial charge in [-0.15, -0.1) is 0 Å². The van der Waals surface area contributed by atoms with Crippen LogP contribution in [0.1, 0.15) is 18.9 Å². The van der Waals surface area contributed by atoms with E-state index in [0.717, 1.165) is 38.5 Å². The van der Waals surface area contributed by atoms with Crippen LogP contribution >= 0.6 is 0 Å². The third-order valence-electron chi connectivity index (χ3n) is 2.46. The Labute approximate surface area is 109 Å². The van der Waals surface area contributed by atoms with Crippen LogP contribution in [0.4, 0.5) is 0 Å². The summed E-state index contributed by atoms with van der Waals surface area (Å²) in [6.07, 6.45) is 1.03. The molecule has 4 nitrogen and oxygen atoms in total. The van der Waals surface area contributed by atoms with Crippen molar-refractivity contribution < 1.29 is 14.6 Å². The zero-order valence-corrected chi connectivity index (χ0v) is 11.0. The number of nitrogens with one attached hydrogen (secondary N) is 1. The minimum absolute atomic E-state index is 0.0448. The quantitative estimate of drug-likeness (QED) is 0.622. The van der Waals surface area contributed by atoms with Gasteiger partial charge in [0.25, 0.3) is 0 Å². The zero-order chi connectivity index (χ0) is 13.1. The second kappa shape index (κ2) is 9.88. The topological polar surface area (TPSA) is 50.7 Å². The van der Waals surface area contributed by atoms with Crippen molar-refractivity contribution in [3.8, 4) is 5.75 Å². The molecular weight excluding hydrogens is 230 g/mol. The molecule has 0 radical (unpaired) electrons. The van der Waals surface area contributed by atoms with Crippen molar-refractivity contribution in [3.63, 3.8) is 0 Å². The van der Waals surface area contributed by atoms with Crippen molar-refractivity contribution in [2.45, 2.75) is 19.9 Å². The van der Waals surface area contributed by atoms with Gasteiger partial charge in [0, 0.05) is 19.8 Å². The van der Waals surface area contributed by atoms with Crippen LogP contribution in [0.2, 0.25) is 0 Å². The number of hydrogen-bond donors (Lipinski definition) is 2. The molecule has 0 bridgehead atoms. The molecule has 0 aliphatic rings. The average molecular weight is 253 g/mol. The van der Waals surface area contributed by atoms with Crippen LogP contribution in [0, 0.1) is 0 Å². The van der Waals surface area contributed by atoms with E-state index in [1.54, 1.807) is 0 Å². The number of rotatable bonds is 10. The molecule has 4 heteroatoms. The third-order valence-corrected chi connectivity index (χ3v) is 2.46. The van der Waals surface area contributed by atoms with Gasteiger partial charge in [-0.05, 0) is 37.6 Å². The smallest absolute Gasteiger partial charge is 0.119 e. The Morgan fingerprint density at radius 3 is 2.61 bits per heavy atom. The highest BCUT2D eigenvalue weighted by atomic mass is 16.5. The van der Waals surface area contributed by atoms with E-state index in [1.807, 2.05) is 31.2 Å². The lowest BCUT2D eigenvalue weighted by Crippen LogP contribution is -2.16. The van der Waals surface area contributed by atoms with Crippen molar-refractivity contribution >= 4 is 0 Å². The third kappa shape index (κ3) is 6.59. The SMILES string of the molecule is CCOCCCNCc1ccc(OCCO)cc1. The lowest BCUT2D eigenvalue weighted by atomic mass is 10.2. The van der Waals surface area contributed by atoms with E-state index in [9.17, 15) is 0 Å². The Bertz CT molecular complexity index is 300. The van der Waals surface area contributed by atoms with Crippen molar-refractivity contribution in [2.24, 2.45) is 0 Å². The summed E-state index contributed by atoms with van der Waals surface area (Å²) in [7, 11) is 0. The fourth-order valence-electron chi connectivity index (χ4n) is 1.54. The first-order chi connectivity index (χ1) is 8.86. The first-order valence-electron chi connectivity index (χ1n) is 6.48. The fraction of sp³-hybridized carbons (Fsp3) is 0.571. The molecule has 0 saturated heterocycles. The second-order valence-corrected chi connectivity index (χ2v) is 3.94. The van der Waals surface area contributed by atoms with Gasteiger partial charge in [-0.3, -0.25) is 0 Å². The monoisotopic (exact) mass is 253 g/mol. The summed E-state index contributed by atoms with van der Waals surface area (Å²) in [5, 5.41) is 12.0. The number of ether oxygens (including phenoxy) is 2. The summed E-state index contributed by atoms with van der Waals surface area (Å²) in [5.74, 6) is 0.796. The minimum Gasteiger partial charge on any atom is -0.491 e. The van der Waals surface area contributed by atoms with E-state index >= 15 is 0 Å². The van der Waals surface area contributed by atoms with Gasteiger partial charge in [-0.25, -0.2) is 0 Å². The molecule has 0 aromatic heterocycles. The van der Waals surface area contributed by atoms with Crippen LogP contribution < -0.4 is 10.1 Å². The highest BCUT2D eigenvalue weighted by molar-refractivity contribution is 5.27. The molecule has 0 aliphatic heterocycles. The Balaban J connectivity index is 2.14. The summed E-state index contributed by atoms with van der Waals surface area (Å²) in [6, 6.07) is 7.91. The number of aliphatic hydroxyl groups is 1. The summed E-state index contributed by atoms with van der Waals surface area (Å²) < 4.78 is 10.6. The standard InChI is InChI=1S/C14H23NO3/c1-2-17-10-3-8-15-12-13-4-6-14(7-5-13)18-11-9-16/h4-7,15-16H,2-3,8-12H2,1H3. The summed E-state index contributed by atoms with van der Waals surface area (Å²) in [4.78, 5) is 0. The maximum absolute atomic E-state index is 8.64. The molecule has 1 aromatic rings. The Morgan fingerprint density at radius 1 is 1.17 bits per heavy atom. The van der Waals surface area contributed by atoms with Gasteiger partial charge in [0.15, 0.2) is 0 Å². The van der Waals surface area contributed by atoms with E-state index in [4.69, 9.17) is 14.6 Å². The average Bonchev–Trinajstić information content (AvgIpc) is 2.42. The van der Waals surface area contributed by atoms with Gasteiger partial charge in [0.1, 0.15) is 12.4 Å². The molecule has 1 aromatic carbocycles. The van der Waals surface area contributed by atoms with Crippen LogP contribution in [-0.2, 0) is 11.3 Å². The first kappa shape index (κ1) is 15.0. The molecule has 0 spiro atoms. The normalized spacial score (nSPS) is 10.6. The number of hydrogen-bond acceptors (Lipinski definition) is 4. The fourth-order valence-corrected chi connectivity index (χ4v) is 1.54. The minimum atomic E-state index is 0.0448. The van der Waals surface area contributed by atoms with Gasteiger partial charge in [0.05, 0.1) is 6.61 Å². The molecule has 1 rings (SSSR count). The van der Waals surface area contributed by atoms with Gasteiger partial charge >= 0.3 is 0 Å². The predicted octanol–water partition coefficient (Wildman–Crippen LogP) is 1.57.